The molecule has 146 valence electrons. The summed E-state index contributed by atoms with van der Waals surface area (Å²) in [5.74, 6) is -1.43. The number of fused-ring (bicyclic) bond motifs is 1. The van der Waals surface area contributed by atoms with Gasteiger partial charge in [0.05, 0.1) is 11.9 Å². The van der Waals surface area contributed by atoms with Crippen molar-refractivity contribution in [1.82, 2.24) is 24.9 Å². The molecule has 0 radical (unpaired) electrons. The van der Waals surface area contributed by atoms with Gasteiger partial charge < -0.3 is 5.32 Å². The first-order chi connectivity index (χ1) is 13.3. The second kappa shape index (κ2) is 6.73. The molecule has 1 atom stereocenters. The molecule has 0 bridgehead atoms. The molecule has 1 fully saturated rings. The van der Waals surface area contributed by atoms with E-state index in [4.69, 9.17) is 11.6 Å². The number of alkyl halides is 3. The normalized spacial score (nSPS) is 15.6. The molecule has 3 aromatic rings. The second-order valence-corrected chi connectivity index (χ2v) is 7.11. The van der Waals surface area contributed by atoms with Gasteiger partial charge in [0.15, 0.2) is 5.65 Å². The number of halogens is 4. The number of pyridine rings is 1. The third-order valence-electron chi connectivity index (χ3n) is 4.66. The number of aryl methyl sites for hydroxylation is 1. The van der Waals surface area contributed by atoms with E-state index in [0.29, 0.717) is 29.8 Å². The van der Waals surface area contributed by atoms with E-state index in [-0.39, 0.29) is 16.4 Å². The number of aromatic nitrogens is 4. The smallest absolute Gasteiger partial charge is 0.340 e. The molecule has 1 aliphatic carbocycles. The van der Waals surface area contributed by atoms with Crippen molar-refractivity contribution in [1.29, 1.82) is 0 Å². The molecule has 0 spiro atoms. The molecule has 4 rings (SSSR count). The molecular formula is C18H15ClF3N5O. The van der Waals surface area contributed by atoms with Crippen LogP contribution in [0.25, 0.3) is 16.9 Å². The third kappa shape index (κ3) is 3.42. The van der Waals surface area contributed by atoms with Crippen molar-refractivity contribution in [2.24, 2.45) is 5.92 Å². The Morgan fingerprint density at radius 3 is 2.79 bits per heavy atom. The van der Waals surface area contributed by atoms with Crippen molar-refractivity contribution in [3.05, 3.63) is 47.0 Å². The number of hydrogen-bond acceptors (Lipinski definition) is 4. The zero-order valence-corrected chi connectivity index (χ0v) is 15.4. The topological polar surface area (TPSA) is 72.2 Å². The molecule has 1 N–H and O–H groups in total. The van der Waals surface area contributed by atoms with Gasteiger partial charge in [-0.3, -0.25) is 4.79 Å². The van der Waals surface area contributed by atoms with Gasteiger partial charge in [-0.25, -0.2) is 14.5 Å². The zero-order valence-electron chi connectivity index (χ0n) is 14.7. The lowest BCUT2D eigenvalue weighted by Crippen LogP contribution is -2.46. The molecule has 1 amide bonds. The molecule has 1 unspecified atom stereocenters. The Morgan fingerprint density at radius 2 is 2.14 bits per heavy atom. The highest BCUT2D eigenvalue weighted by atomic mass is 35.5. The summed E-state index contributed by atoms with van der Waals surface area (Å²) in [5, 5.41) is 6.43. The van der Waals surface area contributed by atoms with E-state index in [1.165, 1.54) is 16.9 Å². The summed E-state index contributed by atoms with van der Waals surface area (Å²) >= 11 is 6.12. The van der Waals surface area contributed by atoms with Crippen LogP contribution in [0.3, 0.4) is 0 Å². The van der Waals surface area contributed by atoms with Crippen molar-refractivity contribution in [3.63, 3.8) is 0 Å². The fourth-order valence-electron chi connectivity index (χ4n) is 3.10. The Bertz CT molecular complexity index is 1060. The highest BCUT2D eigenvalue weighted by Gasteiger charge is 2.49. The minimum atomic E-state index is -4.50. The maximum atomic E-state index is 13.2. The lowest BCUT2D eigenvalue weighted by Gasteiger charge is -2.20. The van der Waals surface area contributed by atoms with E-state index in [1.54, 1.807) is 25.1 Å². The van der Waals surface area contributed by atoms with Crippen LogP contribution in [0, 0.1) is 12.8 Å². The first-order valence-corrected chi connectivity index (χ1v) is 8.97. The highest BCUT2D eigenvalue weighted by molar-refractivity contribution is 6.32. The molecule has 0 saturated heterocycles. The Labute approximate surface area is 162 Å². The Balaban J connectivity index is 1.74. The summed E-state index contributed by atoms with van der Waals surface area (Å²) < 4.78 is 41.1. The molecule has 3 aromatic heterocycles. The molecule has 1 aliphatic rings. The zero-order chi connectivity index (χ0) is 20.1. The molecule has 6 nitrogen and oxygen atoms in total. The van der Waals surface area contributed by atoms with E-state index >= 15 is 0 Å². The summed E-state index contributed by atoms with van der Waals surface area (Å²) in [7, 11) is 0. The van der Waals surface area contributed by atoms with E-state index in [2.05, 4.69) is 20.4 Å². The van der Waals surface area contributed by atoms with Crippen molar-refractivity contribution < 1.29 is 18.0 Å². The SMILES string of the molecule is Cc1cc(-c2cccnc2Cl)nc2c(C(=O)NC(C3CC3)C(F)(F)F)cnn12. The summed E-state index contributed by atoms with van der Waals surface area (Å²) in [4.78, 5) is 21.0. The molecule has 3 heterocycles. The lowest BCUT2D eigenvalue weighted by molar-refractivity contribution is -0.158. The monoisotopic (exact) mass is 409 g/mol. The average molecular weight is 410 g/mol. The van der Waals surface area contributed by atoms with Crippen LogP contribution in [0.1, 0.15) is 28.9 Å². The number of nitrogens with zero attached hydrogens (tertiary/aromatic N) is 4. The Morgan fingerprint density at radius 1 is 1.39 bits per heavy atom. The van der Waals surface area contributed by atoms with Gasteiger partial charge in [0, 0.05) is 17.5 Å². The maximum Gasteiger partial charge on any atom is 0.408 e. The van der Waals surface area contributed by atoms with Crippen LogP contribution in [0.5, 0.6) is 0 Å². The third-order valence-corrected chi connectivity index (χ3v) is 4.96. The van der Waals surface area contributed by atoms with E-state index in [1.807, 2.05) is 0 Å². The van der Waals surface area contributed by atoms with Crippen molar-refractivity contribution >= 4 is 23.2 Å². The van der Waals surface area contributed by atoms with Gasteiger partial charge in [0.2, 0.25) is 0 Å². The molecule has 1 saturated carbocycles. The lowest BCUT2D eigenvalue weighted by atomic mass is 10.1. The second-order valence-electron chi connectivity index (χ2n) is 6.75. The molecule has 0 aliphatic heterocycles. The summed E-state index contributed by atoms with van der Waals surface area (Å²) in [6.45, 7) is 1.75. The predicted molar refractivity (Wildman–Crippen MR) is 96.0 cm³/mol. The van der Waals surface area contributed by atoms with E-state index in [0.717, 1.165) is 0 Å². The fourth-order valence-corrected chi connectivity index (χ4v) is 3.32. The van der Waals surface area contributed by atoms with Crippen molar-refractivity contribution in [2.45, 2.75) is 32.0 Å². The van der Waals surface area contributed by atoms with E-state index < -0.39 is 24.0 Å². The first-order valence-electron chi connectivity index (χ1n) is 8.59. The van der Waals surface area contributed by atoms with Crippen LogP contribution in [-0.2, 0) is 0 Å². The van der Waals surface area contributed by atoms with Crippen LogP contribution < -0.4 is 5.32 Å². The number of nitrogens with one attached hydrogen (secondary N) is 1. The van der Waals surface area contributed by atoms with Gasteiger partial charge in [-0.15, -0.1) is 0 Å². The summed E-state index contributed by atoms with van der Waals surface area (Å²) in [6, 6.07) is 3.26. The minimum Gasteiger partial charge on any atom is -0.340 e. The number of hydrogen-bond donors (Lipinski definition) is 1. The fraction of sp³-hybridized carbons (Fsp3) is 0.333. The average Bonchev–Trinajstić information content (AvgIpc) is 3.37. The van der Waals surface area contributed by atoms with Gasteiger partial charge in [-0.2, -0.15) is 18.3 Å². The Kier molecular flexibility index (Phi) is 4.49. The van der Waals surface area contributed by atoms with Gasteiger partial charge in [-0.05, 0) is 43.9 Å². The molecule has 28 heavy (non-hydrogen) atoms. The van der Waals surface area contributed by atoms with Crippen LogP contribution in [0.15, 0.2) is 30.6 Å². The van der Waals surface area contributed by atoms with Gasteiger partial charge >= 0.3 is 6.18 Å². The van der Waals surface area contributed by atoms with Gasteiger partial charge in [0.1, 0.15) is 16.8 Å². The quantitative estimate of drug-likeness (QED) is 0.665. The standard InChI is InChI=1S/C18H15ClF3N5O/c1-9-7-13(11-3-2-6-23-15(11)19)25-16-12(8-24-27(9)16)17(28)26-14(10-4-5-10)18(20,21)22/h2-3,6-8,10,14H,4-5H2,1H3,(H,26,28). The first kappa shape index (κ1) is 18.7. The summed E-state index contributed by atoms with van der Waals surface area (Å²) in [5.41, 5.74) is 1.78. The number of amides is 1. The largest absolute Gasteiger partial charge is 0.408 e. The summed E-state index contributed by atoms with van der Waals surface area (Å²) in [6.07, 6.45) is -0.859. The maximum absolute atomic E-state index is 13.2. The number of rotatable bonds is 4. The van der Waals surface area contributed by atoms with Crippen LogP contribution in [-0.4, -0.2) is 37.7 Å². The van der Waals surface area contributed by atoms with Crippen LogP contribution in [0.2, 0.25) is 5.15 Å². The Hall–Kier alpha value is -2.68. The van der Waals surface area contributed by atoms with Crippen LogP contribution >= 0.6 is 11.6 Å². The molecule has 10 heteroatoms. The predicted octanol–water partition coefficient (Wildman–Crippen LogP) is 3.82. The van der Waals surface area contributed by atoms with Gasteiger partial charge in [-0.1, -0.05) is 11.6 Å². The van der Waals surface area contributed by atoms with Gasteiger partial charge in [0.25, 0.3) is 5.91 Å². The number of carbonyl (C=O) groups excluding carboxylic acids is 1. The molecule has 0 aromatic carbocycles. The minimum absolute atomic E-state index is 0.0279. The van der Waals surface area contributed by atoms with E-state index in [9.17, 15) is 18.0 Å². The molecular weight excluding hydrogens is 395 g/mol. The van der Waals surface area contributed by atoms with Crippen molar-refractivity contribution in [3.8, 4) is 11.3 Å². The van der Waals surface area contributed by atoms with Crippen molar-refractivity contribution in [2.75, 3.05) is 0 Å². The number of carbonyl (C=O) groups is 1. The highest BCUT2D eigenvalue weighted by Crippen LogP contribution is 2.40. The van der Waals surface area contributed by atoms with Crippen LogP contribution in [0.4, 0.5) is 13.2 Å².